The number of nitrogens with zero attached hydrogens (tertiary/aromatic N) is 3. The first-order chi connectivity index (χ1) is 30.9. The third kappa shape index (κ3) is 15.6. The summed E-state index contributed by atoms with van der Waals surface area (Å²) in [5.41, 5.74) is 6.73. The minimum absolute atomic E-state index is 0.0254. The van der Waals surface area contributed by atoms with Crippen LogP contribution in [-0.4, -0.2) is 133 Å². The summed E-state index contributed by atoms with van der Waals surface area (Å²) in [4.78, 5) is 87.9. The van der Waals surface area contributed by atoms with E-state index in [0.29, 0.717) is 19.4 Å². The number of aliphatic hydroxyl groups is 1. The van der Waals surface area contributed by atoms with Crippen LogP contribution < -0.4 is 5.73 Å². The van der Waals surface area contributed by atoms with E-state index < -0.39 is 72.5 Å². The lowest BCUT2D eigenvalue weighted by Crippen LogP contribution is -2.54. The number of nitrogens with two attached hydrogens (primary N) is 1. The highest BCUT2D eigenvalue weighted by atomic mass is 16.7. The monoisotopic (exact) mass is 931 g/mol. The molecule has 1 aliphatic rings. The van der Waals surface area contributed by atoms with E-state index in [1.807, 2.05) is 85.7 Å². The van der Waals surface area contributed by atoms with Gasteiger partial charge in [-0.3, -0.25) is 24.0 Å². The Labute approximate surface area is 396 Å². The number of aliphatic hydroxyl groups excluding tert-OH is 1. The molecule has 66 heavy (non-hydrogen) atoms. The van der Waals surface area contributed by atoms with Gasteiger partial charge in [-0.25, -0.2) is 4.79 Å². The van der Waals surface area contributed by atoms with Gasteiger partial charge in [0.2, 0.25) is 11.8 Å². The first kappa shape index (κ1) is 58.2. The second kappa shape index (κ2) is 27.2. The predicted molar refractivity (Wildman–Crippen MR) is 255 cm³/mol. The molecule has 0 aromatic heterocycles. The fourth-order valence-corrected chi connectivity index (χ4v) is 9.23. The van der Waals surface area contributed by atoms with Crippen LogP contribution in [0.2, 0.25) is 0 Å². The first-order valence-electron chi connectivity index (χ1n) is 24.2. The van der Waals surface area contributed by atoms with E-state index in [4.69, 9.17) is 24.7 Å². The molecule has 1 heterocycles. The topological polar surface area (TPSA) is 195 Å². The highest BCUT2D eigenvalue weighted by molar-refractivity contribution is 5.92. The van der Waals surface area contributed by atoms with Gasteiger partial charge in [0.05, 0.1) is 42.9 Å². The summed E-state index contributed by atoms with van der Waals surface area (Å²) in [7, 11) is 6.25. The van der Waals surface area contributed by atoms with Crippen molar-refractivity contribution in [1.29, 1.82) is 0 Å². The lowest BCUT2D eigenvalue weighted by molar-refractivity contribution is -0.179. The lowest BCUT2D eigenvalue weighted by atomic mass is 9.83. The van der Waals surface area contributed by atoms with Crippen LogP contribution in [0.3, 0.4) is 0 Å². The fourth-order valence-electron chi connectivity index (χ4n) is 9.23. The summed E-state index contributed by atoms with van der Waals surface area (Å²) in [6.07, 6.45) is -2.13. The number of likely N-dealkylation sites (N-methyl/N-ethyl adjacent to an activating group) is 2. The van der Waals surface area contributed by atoms with Crippen LogP contribution in [0.1, 0.15) is 133 Å². The molecule has 0 bridgehead atoms. The molecule has 1 unspecified atom stereocenters. The molecule has 1 aliphatic heterocycles. The average Bonchev–Trinajstić information content (AvgIpc) is 3.76. The molecule has 0 saturated carbocycles. The zero-order chi connectivity index (χ0) is 50.3. The molecule has 1 aromatic carbocycles. The van der Waals surface area contributed by atoms with Crippen molar-refractivity contribution in [2.24, 2.45) is 53.1 Å². The molecule has 15 nitrogen and oxygen atoms in total. The number of ether oxygens (including phenoxy) is 4. The van der Waals surface area contributed by atoms with Gasteiger partial charge in [-0.15, -0.1) is 0 Å². The molecule has 3 amide bonds. The summed E-state index contributed by atoms with van der Waals surface area (Å²) < 4.78 is 23.2. The molecule has 0 radical (unpaired) electrons. The summed E-state index contributed by atoms with van der Waals surface area (Å²) in [6.45, 7) is 22.6. The summed E-state index contributed by atoms with van der Waals surface area (Å²) in [6, 6.07) is 6.51. The molecule has 0 aliphatic carbocycles. The Morgan fingerprint density at radius 1 is 0.758 bits per heavy atom. The number of hydrogen-bond acceptors (Lipinski definition) is 12. The number of methoxy groups -OCH3 is 2. The van der Waals surface area contributed by atoms with Gasteiger partial charge in [0.25, 0.3) is 6.29 Å². The van der Waals surface area contributed by atoms with E-state index in [9.17, 15) is 33.9 Å². The van der Waals surface area contributed by atoms with Crippen molar-refractivity contribution < 1.29 is 52.8 Å². The molecule has 0 spiro atoms. The summed E-state index contributed by atoms with van der Waals surface area (Å²) in [5.74, 6) is -4.49. The van der Waals surface area contributed by atoms with E-state index in [1.165, 1.54) is 19.1 Å². The molecule has 1 fully saturated rings. The number of likely N-dealkylation sites (tertiary alicyclic amines) is 1. The van der Waals surface area contributed by atoms with Crippen LogP contribution in [0.4, 0.5) is 4.79 Å². The largest absolute Gasteiger partial charge is 0.424 e. The SMILES string of the molecule is CC[C@H](C)[C@@H]([C@@H](CC(=O)N1CCC[C@H]1[C@H](OC)[C@@H](C)C(=O)C[C@H](C)[C@@H](O)c1ccccc1)OC)N(C)C(=O)[C@@H](CC(=O)[C@H](C(C)C)N(C)C(=O)OC(OC(=O)[C@@H](N)C(C)C)C(C)C)C(C)C. The number of rotatable bonds is 27. The van der Waals surface area contributed by atoms with E-state index >= 15 is 0 Å². The van der Waals surface area contributed by atoms with Crippen LogP contribution in [0.5, 0.6) is 0 Å². The standard InChI is InChI=1S/C51H86N4O11/c1-17-33(10)45(41(63-15)28-42(58)55-25-21-24-38(55)47(64-16)35(12)39(56)26-34(11)46(59)36-22-19-18-20-23-36)53(13)48(60)37(29(2)3)27-40(57)44(31(6)7)54(14)51(62)66-50(32(8)9)65-49(61)43(52)30(4)5/h18-20,22-23,29-35,37-38,41,43-47,50,59H,17,21,24-28,52H2,1-16H3/t33-,34-,35-,37-,38-,41+,43-,44-,45-,46+,47+,50?/m0/s1. The van der Waals surface area contributed by atoms with Gasteiger partial charge in [-0.1, -0.05) is 120 Å². The van der Waals surface area contributed by atoms with Gasteiger partial charge in [-0.05, 0) is 48.0 Å². The number of ketones is 2. The van der Waals surface area contributed by atoms with Crippen molar-refractivity contribution >= 4 is 35.4 Å². The van der Waals surface area contributed by atoms with Crippen molar-refractivity contribution in [2.75, 3.05) is 34.9 Å². The highest BCUT2D eigenvalue weighted by Gasteiger charge is 2.44. The fraction of sp³-hybridized carbons (Fsp3) is 0.765. The van der Waals surface area contributed by atoms with Gasteiger partial charge < -0.3 is 44.5 Å². The van der Waals surface area contributed by atoms with Gasteiger partial charge in [0.15, 0.2) is 5.78 Å². The van der Waals surface area contributed by atoms with E-state index in [-0.39, 0.29) is 78.3 Å². The molecule has 12 atom stereocenters. The number of amides is 3. The second-order valence-corrected chi connectivity index (χ2v) is 20.1. The Hall–Kier alpha value is -3.92. The van der Waals surface area contributed by atoms with Crippen molar-refractivity contribution in [3.05, 3.63) is 35.9 Å². The molecule has 1 aromatic rings. The first-order valence-corrected chi connectivity index (χ1v) is 24.2. The Kier molecular flexibility index (Phi) is 24.0. The smallest absolute Gasteiger partial charge is 0.413 e. The Balaban J connectivity index is 2.29. The lowest BCUT2D eigenvalue weighted by Gasteiger charge is -2.41. The zero-order valence-electron chi connectivity index (χ0n) is 43.0. The van der Waals surface area contributed by atoms with Crippen LogP contribution in [-0.2, 0) is 42.9 Å². The van der Waals surface area contributed by atoms with Gasteiger partial charge >= 0.3 is 12.1 Å². The van der Waals surface area contributed by atoms with Crippen molar-refractivity contribution in [1.82, 2.24) is 14.7 Å². The van der Waals surface area contributed by atoms with Crippen molar-refractivity contribution in [3.8, 4) is 0 Å². The van der Waals surface area contributed by atoms with Gasteiger partial charge in [0.1, 0.15) is 11.8 Å². The third-order valence-corrected chi connectivity index (χ3v) is 13.7. The summed E-state index contributed by atoms with van der Waals surface area (Å²) in [5, 5.41) is 11.0. The minimum Gasteiger partial charge on any atom is -0.424 e. The van der Waals surface area contributed by atoms with Crippen LogP contribution in [0.15, 0.2) is 30.3 Å². The minimum atomic E-state index is -1.23. The molecular weight excluding hydrogens is 845 g/mol. The maximum atomic E-state index is 14.7. The normalized spacial score (nSPS) is 19.3. The quantitative estimate of drug-likeness (QED) is 0.0674. The maximum Gasteiger partial charge on any atom is 0.413 e. The number of benzene rings is 1. The van der Waals surface area contributed by atoms with E-state index in [1.54, 1.807) is 51.7 Å². The number of Topliss-reactive ketones (excluding diaryl/α,β-unsaturated/α-hetero) is 2. The number of carbonyl (C=O) groups excluding carboxylic acids is 6. The Morgan fingerprint density at radius 3 is 1.86 bits per heavy atom. The molecule has 376 valence electrons. The second-order valence-electron chi connectivity index (χ2n) is 20.1. The molecule has 3 N–H and O–H groups in total. The number of carbonyl (C=O) groups is 6. The zero-order valence-corrected chi connectivity index (χ0v) is 43.0. The summed E-state index contributed by atoms with van der Waals surface area (Å²) >= 11 is 0. The van der Waals surface area contributed by atoms with Gasteiger partial charge in [0, 0.05) is 65.5 Å². The molecular formula is C51H86N4O11. The Bertz CT molecular complexity index is 1710. The van der Waals surface area contributed by atoms with E-state index in [0.717, 1.165) is 12.0 Å². The van der Waals surface area contributed by atoms with Crippen LogP contribution in [0, 0.1) is 47.3 Å². The van der Waals surface area contributed by atoms with Crippen molar-refractivity contribution in [3.63, 3.8) is 0 Å². The third-order valence-electron chi connectivity index (χ3n) is 13.7. The van der Waals surface area contributed by atoms with E-state index in [2.05, 4.69) is 0 Å². The number of hydrogen-bond donors (Lipinski definition) is 2. The van der Waals surface area contributed by atoms with Crippen molar-refractivity contribution in [2.45, 2.75) is 170 Å². The molecule has 1 saturated heterocycles. The molecule has 15 heteroatoms. The molecule has 2 rings (SSSR count). The van der Waals surface area contributed by atoms with Gasteiger partial charge in [-0.2, -0.15) is 0 Å². The number of esters is 1. The highest BCUT2D eigenvalue weighted by Crippen LogP contribution is 2.33. The maximum absolute atomic E-state index is 14.7. The average molecular weight is 931 g/mol. The Morgan fingerprint density at radius 2 is 1.36 bits per heavy atom. The van der Waals surface area contributed by atoms with Crippen LogP contribution in [0.25, 0.3) is 0 Å². The predicted octanol–water partition coefficient (Wildman–Crippen LogP) is 7.07. The van der Waals surface area contributed by atoms with Crippen LogP contribution >= 0.6 is 0 Å².